The number of ether oxygens (including phenoxy) is 1. The van der Waals surface area contributed by atoms with Gasteiger partial charge in [0.1, 0.15) is 0 Å². The van der Waals surface area contributed by atoms with Crippen LogP contribution in [0.4, 0.5) is 5.69 Å². The molecule has 0 unspecified atom stereocenters. The van der Waals surface area contributed by atoms with Crippen molar-refractivity contribution in [2.75, 3.05) is 19.1 Å². The quantitative estimate of drug-likeness (QED) is 0.346. The van der Waals surface area contributed by atoms with E-state index in [1.165, 1.54) is 17.0 Å². The molecule has 0 aliphatic carbocycles. The first-order valence-corrected chi connectivity index (χ1v) is 6.06. The summed E-state index contributed by atoms with van der Waals surface area (Å²) in [7, 11) is 0. The van der Waals surface area contributed by atoms with Crippen LogP contribution in [0.15, 0.2) is 21.7 Å². The minimum Gasteiger partial charge on any atom is -0.378 e. The average Bonchev–Trinajstić information content (AvgIpc) is 2.28. The number of rotatable bonds is 6. The van der Waals surface area contributed by atoms with E-state index in [1.807, 2.05) is 0 Å². The van der Waals surface area contributed by atoms with Crippen molar-refractivity contribution in [3.05, 3.63) is 37.2 Å². The van der Waals surface area contributed by atoms with Gasteiger partial charge < -0.3 is 9.30 Å². The molecule has 17 heavy (non-hydrogen) atoms. The smallest absolute Gasteiger partial charge is 0.333 e. The van der Waals surface area contributed by atoms with Crippen molar-refractivity contribution in [3.63, 3.8) is 0 Å². The number of pyridine rings is 1. The topological polar surface area (TPSA) is 74.4 Å². The lowest BCUT2D eigenvalue weighted by atomic mass is 10.4. The van der Waals surface area contributed by atoms with Crippen molar-refractivity contribution >= 4 is 33.2 Å². The van der Waals surface area contributed by atoms with E-state index < -0.39 is 16.0 Å². The molecule has 0 saturated heterocycles. The van der Waals surface area contributed by atoms with Gasteiger partial charge in [-0.2, -0.15) is 0 Å². The van der Waals surface area contributed by atoms with Crippen LogP contribution in [0.5, 0.6) is 0 Å². The fourth-order valence-electron chi connectivity index (χ4n) is 1.17. The predicted octanol–water partition coefficient (Wildman–Crippen LogP) is 1.77. The summed E-state index contributed by atoms with van der Waals surface area (Å²) in [5.74, 6) is 0.397. The average molecular weight is 326 g/mol. The molecule has 1 aromatic heterocycles. The summed E-state index contributed by atoms with van der Waals surface area (Å²) in [6.07, 6.45) is 2.68. The van der Waals surface area contributed by atoms with Crippen LogP contribution in [0.2, 0.25) is 0 Å². The van der Waals surface area contributed by atoms with Crippen LogP contribution < -0.4 is 5.43 Å². The second kappa shape index (κ2) is 6.73. The lowest BCUT2D eigenvalue weighted by Gasteiger charge is -2.07. The van der Waals surface area contributed by atoms with Crippen LogP contribution >= 0.6 is 27.5 Å². The molecular weight excluding hydrogens is 315 g/mol. The zero-order valence-corrected chi connectivity index (χ0v) is 11.1. The van der Waals surface area contributed by atoms with Crippen LogP contribution in [0.25, 0.3) is 0 Å². The van der Waals surface area contributed by atoms with Gasteiger partial charge >= 0.3 is 5.69 Å². The standard InChI is InChI=1S/C9H10BrClN2O4/c10-7-5-12(2-4-17-3-1-11)6-8(9(7)14)13(15)16/h5-6H,1-4H2. The molecule has 1 aromatic rings. The van der Waals surface area contributed by atoms with Crippen LogP contribution in [-0.2, 0) is 11.3 Å². The van der Waals surface area contributed by atoms with E-state index in [2.05, 4.69) is 15.9 Å². The summed E-state index contributed by atoms with van der Waals surface area (Å²) in [5.41, 5.74) is -1.09. The van der Waals surface area contributed by atoms with E-state index in [9.17, 15) is 14.9 Å². The van der Waals surface area contributed by atoms with Gasteiger partial charge in [0.15, 0.2) is 0 Å². The Labute approximate surface area is 110 Å². The molecule has 1 rings (SSSR count). The van der Waals surface area contributed by atoms with Gasteiger partial charge in [0.25, 0.3) is 5.43 Å². The maximum Gasteiger partial charge on any atom is 0.333 e. The lowest BCUT2D eigenvalue weighted by Crippen LogP contribution is -2.15. The second-order valence-electron chi connectivity index (χ2n) is 3.12. The molecule has 8 heteroatoms. The summed E-state index contributed by atoms with van der Waals surface area (Å²) in [4.78, 5) is 21.3. The molecule has 1 heterocycles. The Balaban J connectivity index is 2.80. The van der Waals surface area contributed by atoms with Crippen LogP contribution in [0, 0.1) is 10.1 Å². The van der Waals surface area contributed by atoms with Gasteiger partial charge in [-0.25, -0.2) is 0 Å². The second-order valence-corrected chi connectivity index (χ2v) is 4.35. The van der Waals surface area contributed by atoms with E-state index in [0.717, 1.165) is 0 Å². The highest BCUT2D eigenvalue weighted by molar-refractivity contribution is 9.10. The Morgan fingerprint density at radius 2 is 2.18 bits per heavy atom. The van der Waals surface area contributed by atoms with Gasteiger partial charge in [0.05, 0.1) is 28.8 Å². The largest absolute Gasteiger partial charge is 0.378 e. The zero-order valence-electron chi connectivity index (χ0n) is 8.77. The van der Waals surface area contributed by atoms with Crippen LogP contribution in [-0.4, -0.2) is 28.6 Å². The van der Waals surface area contributed by atoms with E-state index in [1.54, 1.807) is 0 Å². The molecule has 0 aliphatic rings. The van der Waals surface area contributed by atoms with Crippen molar-refractivity contribution in [3.8, 4) is 0 Å². The van der Waals surface area contributed by atoms with Crippen LogP contribution in [0.3, 0.4) is 0 Å². The monoisotopic (exact) mass is 324 g/mol. The number of nitrogens with zero attached hydrogens (tertiary/aromatic N) is 2. The van der Waals surface area contributed by atoms with Crippen molar-refractivity contribution in [1.82, 2.24) is 4.57 Å². The van der Waals surface area contributed by atoms with Gasteiger partial charge in [-0.3, -0.25) is 14.9 Å². The van der Waals surface area contributed by atoms with Crippen molar-refractivity contribution in [1.29, 1.82) is 0 Å². The Morgan fingerprint density at radius 3 is 2.76 bits per heavy atom. The third-order valence-electron chi connectivity index (χ3n) is 1.93. The number of halogens is 2. The summed E-state index contributed by atoms with van der Waals surface area (Å²) < 4.78 is 6.82. The zero-order chi connectivity index (χ0) is 12.8. The summed E-state index contributed by atoms with van der Waals surface area (Å²) in [6, 6.07) is 0. The number of hydrogen-bond donors (Lipinski definition) is 0. The third-order valence-corrected chi connectivity index (χ3v) is 2.65. The fourth-order valence-corrected chi connectivity index (χ4v) is 1.74. The first-order chi connectivity index (χ1) is 8.06. The first kappa shape index (κ1) is 14.1. The normalized spacial score (nSPS) is 10.5. The molecule has 0 atom stereocenters. The maximum atomic E-state index is 11.4. The van der Waals surface area contributed by atoms with Gasteiger partial charge in [0.2, 0.25) is 0 Å². The predicted molar refractivity (Wildman–Crippen MR) is 66.6 cm³/mol. The Kier molecular flexibility index (Phi) is 5.60. The maximum absolute atomic E-state index is 11.4. The molecule has 0 aromatic carbocycles. The van der Waals surface area contributed by atoms with E-state index in [4.69, 9.17) is 16.3 Å². The number of aromatic nitrogens is 1. The van der Waals surface area contributed by atoms with Gasteiger partial charge in [-0.15, -0.1) is 11.6 Å². The van der Waals surface area contributed by atoms with Crippen molar-refractivity contribution in [2.24, 2.45) is 0 Å². The molecule has 0 saturated carbocycles. The SMILES string of the molecule is O=c1c(Br)cn(CCOCCCl)cc1[N+](=O)[O-]. The molecule has 0 fully saturated rings. The molecule has 0 radical (unpaired) electrons. The molecule has 6 nitrogen and oxygen atoms in total. The third kappa shape index (κ3) is 4.10. The van der Waals surface area contributed by atoms with Gasteiger partial charge in [-0.05, 0) is 15.9 Å². The van der Waals surface area contributed by atoms with E-state index in [0.29, 0.717) is 25.6 Å². The summed E-state index contributed by atoms with van der Waals surface area (Å²) in [6.45, 7) is 1.21. The minimum absolute atomic E-state index is 0.157. The van der Waals surface area contributed by atoms with Crippen molar-refractivity contribution < 1.29 is 9.66 Å². The van der Waals surface area contributed by atoms with Crippen molar-refractivity contribution in [2.45, 2.75) is 6.54 Å². The first-order valence-electron chi connectivity index (χ1n) is 4.74. The number of hydrogen-bond acceptors (Lipinski definition) is 4. The summed E-state index contributed by atoms with van der Waals surface area (Å²) in [5, 5.41) is 10.6. The molecule has 0 bridgehead atoms. The van der Waals surface area contributed by atoms with E-state index in [-0.39, 0.29) is 4.47 Å². The number of alkyl halides is 1. The van der Waals surface area contributed by atoms with E-state index >= 15 is 0 Å². The highest BCUT2D eigenvalue weighted by Crippen LogP contribution is 2.10. The molecule has 0 aliphatic heterocycles. The minimum atomic E-state index is -0.705. The van der Waals surface area contributed by atoms with Crippen LogP contribution in [0.1, 0.15) is 0 Å². The molecule has 94 valence electrons. The Bertz CT molecular complexity index is 463. The highest BCUT2D eigenvalue weighted by atomic mass is 79.9. The molecule has 0 spiro atoms. The van der Waals surface area contributed by atoms with Gasteiger partial charge in [0, 0.05) is 18.6 Å². The Morgan fingerprint density at radius 1 is 1.47 bits per heavy atom. The fraction of sp³-hybridized carbons (Fsp3) is 0.444. The molecule has 0 N–H and O–H groups in total. The highest BCUT2D eigenvalue weighted by Gasteiger charge is 2.15. The van der Waals surface area contributed by atoms with Gasteiger partial charge in [-0.1, -0.05) is 0 Å². The molecule has 0 amide bonds. The molecular formula is C9H10BrClN2O4. The number of nitro groups is 1. The Hall–Kier alpha value is -0.920. The lowest BCUT2D eigenvalue weighted by molar-refractivity contribution is -0.386. The summed E-state index contributed by atoms with van der Waals surface area (Å²) >= 11 is 8.41.